The van der Waals surface area contributed by atoms with Crippen LogP contribution in [0.25, 0.3) is 0 Å². The SMILES string of the molecule is CCN(C)/C(CCCc1cccc(Br)c1)=N\N(C=O)Cc1ccc(C(C)(C)C)cc1. The van der Waals surface area contributed by atoms with E-state index in [1.165, 1.54) is 16.1 Å². The maximum absolute atomic E-state index is 11.7. The zero-order valence-corrected chi connectivity index (χ0v) is 20.4. The van der Waals surface area contributed by atoms with Gasteiger partial charge in [0, 0.05) is 24.5 Å². The van der Waals surface area contributed by atoms with E-state index in [-0.39, 0.29) is 5.41 Å². The number of halogens is 1. The van der Waals surface area contributed by atoms with Crippen LogP contribution in [0.3, 0.4) is 0 Å². The summed E-state index contributed by atoms with van der Waals surface area (Å²) < 4.78 is 1.10. The highest BCUT2D eigenvalue weighted by molar-refractivity contribution is 9.10. The average Bonchev–Trinajstić information content (AvgIpc) is 2.71. The summed E-state index contributed by atoms with van der Waals surface area (Å²) in [6.45, 7) is 10.0. The topological polar surface area (TPSA) is 35.9 Å². The summed E-state index contributed by atoms with van der Waals surface area (Å²) in [5, 5.41) is 6.19. The quantitative estimate of drug-likeness (QED) is 0.194. The maximum Gasteiger partial charge on any atom is 0.230 e. The number of hydrogen-bond donors (Lipinski definition) is 0. The highest BCUT2D eigenvalue weighted by Gasteiger charge is 2.14. The largest absolute Gasteiger partial charge is 0.362 e. The zero-order chi connectivity index (χ0) is 22.1. The van der Waals surface area contributed by atoms with Crippen LogP contribution in [0.2, 0.25) is 0 Å². The molecular weight excluding hydrogens is 438 g/mol. The van der Waals surface area contributed by atoms with E-state index < -0.39 is 0 Å². The minimum absolute atomic E-state index is 0.117. The van der Waals surface area contributed by atoms with Gasteiger partial charge in [0.25, 0.3) is 0 Å². The first-order valence-corrected chi connectivity index (χ1v) is 11.4. The summed E-state index contributed by atoms with van der Waals surface area (Å²) in [5.74, 6) is 0.936. The van der Waals surface area contributed by atoms with Crippen molar-refractivity contribution in [3.63, 3.8) is 0 Å². The minimum atomic E-state index is 0.117. The number of amidine groups is 1. The fraction of sp³-hybridized carbons (Fsp3) is 0.440. The molecule has 4 nitrogen and oxygen atoms in total. The second-order valence-corrected chi connectivity index (χ2v) is 9.58. The molecule has 5 heteroatoms. The van der Waals surface area contributed by atoms with Gasteiger partial charge in [0.15, 0.2) is 0 Å². The molecule has 0 radical (unpaired) electrons. The number of aryl methyl sites for hydroxylation is 1. The number of rotatable bonds is 9. The van der Waals surface area contributed by atoms with Crippen LogP contribution in [0.15, 0.2) is 58.1 Å². The number of amides is 1. The van der Waals surface area contributed by atoms with E-state index in [4.69, 9.17) is 0 Å². The number of hydrazone groups is 1. The molecule has 2 aromatic rings. The van der Waals surface area contributed by atoms with Crippen LogP contribution in [-0.4, -0.2) is 35.7 Å². The van der Waals surface area contributed by atoms with Crippen LogP contribution < -0.4 is 0 Å². The number of carbonyl (C=O) groups excluding carboxylic acids is 1. The molecule has 0 spiro atoms. The molecule has 0 unspecified atom stereocenters. The van der Waals surface area contributed by atoms with Crippen LogP contribution in [0.4, 0.5) is 0 Å². The van der Waals surface area contributed by atoms with E-state index in [2.05, 4.69) is 96.1 Å². The Morgan fingerprint density at radius 3 is 2.37 bits per heavy atom. The molecule has 0 fully saturated rings. The van der Waals surface area contributed by atoms with Crippen molar-refractivity contribution < 1.29 is 4.79 Å². The predicted molar refractivity (Wildman–Crippen MR) is 130 cm³/mol. The smallest absolute Gasteiger partial charge is 0.230 e. The van der Waals surface area contributed by atoms with Crippen molar-refractivity contribution in [1.82, 2.24) is 9.91 Å². The summed E-state index contributed by atoms with van der Waals surface area (Å²) in [7, 11) is 2.03. The zero-order valence-electron chi connectivity index (χ0n) is 18.9. The third-order valence-electron chi connectivity index (χ3n) is 5.20. The molecule has 1 amide bonds. The van der Waals surface area contributed by atoms with Gasteiger partial charge in [0.1, 0.15) is 5.84 Å². The standard InChI is InChI=1S/C25H34BrN3O/c1-6-28(5)24(12-8-10-20-9-7-11-23(26)17-20)27-29(19-30)18-21-13-15-22(16-14-21)25(2,3)4/h7,9,11,13-17,19H,6,8,10,12,18H2,1-5H3/b27-24-. The Kier molecular flexibility index (Phi) is 9.09. The molecular formula is C25H34BrN3O. The second-order valence-electron chi connectivity index (χ2n) is 8.66. The molecule has 162 valence electrons. The monoisotopic (exact) mass is 471 g/mol. The molecule has 2 rings (SSSR count). The Morgan fingerprint density at radius 2 is 1.80 bits per heavy atom. The van der Waals surface area contributed by atoms with Crippen LogP contribution in [0.1, 0.15) is 57.2 Å². The number of nitrogens with zero attached hydrogens (tertiary/aromatic N) is 3. The lowest BCUT2D eigenvalue weighted by Crippen LogP contribution is -2.30. The van der Waals surface area contributed by atoms with Crippen LogP contribution >= 0.6 is 15.9 Å². The van der Waals surface area contributed by atoms with Crippen molar-refractivity contribution in [1.29, 1.82) is 0 Å². The van der Waals surface area contributed by atoms with Gasteiger partial charge >= 0.3 is 0 Å². The molecule has 30 heavy (non-hydrogen) atoms. The molecule has 0 aromatic heterocycles. The van der Waals surface area contributed by atoms with Crippen molar-refractivity contribution in [3.8, 4) is 0 Å². The fourth-order valence-electron chi connectivity index (χ4n) is 3.18. The van der Waals surface area contributed by atoms with E-state index in [0.717, 1.165) is 48.1 Å². The normalized spacial score (nSPS) is 12.0. The van der Waals surface area contributed by atoms with Gasteiger partial charge in [-0.2, -0.15) is 5.10 Å². The first-order valence-electron chi connectivity index (χ1n) is 10.6. The first-order chi connectivity index (χ1) is 14.2. The lowest BCUT2D eigenvalue weighted by Gasteiger charge is -2.23. The van der Waals surface area contributed by atoms with Gasteiger partial charge in [0.05, 0.1) is 6.54 Å². The van der Waals surface area contributed by atoms with Gasteiger partial charge < -0.3 is 4.90 Å². The Labute approximate surface area is 190 Å². The Bertz CT molecular complexity index is 840. The summed E-state index contributed by atoms with van der Waals surface area (Å²) in [4.78, 5) is 13.8. The lowest BCUT2D eigenvalue weighted by molar-refractivity contribution is -0.118. The van der Waals surface area contributed by atoms with Gasteiger partial charge in [-0.25, -0.2) is 5.01 Å². The van der Waals surface area contributed by atoms with Crippen molar-refractivity contribution in [2.45, 2.75) is 58.9 Å². The fourth-order valence-corrected chi connectivity index (χ4v) is 3.63. The van der Waals surface area contributed by atoms with E-state index in [1.54, 1.807) is 0 Å². The van der Waals surface area contributed by atoms with Gasteiger partial charge in [0.2, 0.25) is 6.41 Å². The van der Waals surface area contributed by atoms with Crippen LogP contribution in [0.5, 0.6) is 0 Å². The molecule has 0 aliphatic heterocycles. The van der Waals surface area contributed by atoms with Crippen molar-refractivity contribution in [2.24, 2.45) is 5.10 Å². The highest BCUT2D eigenvalue weighted by Crippen LogP contribution is 2.22. The molecule has 0 atom stereocenters. The lowest BCUT2D eigenvalue weighted by atomic mass is 9.87. The first kappa shape index (κ1) is 24.1. The number of hydrogen-bond acceptors (Lipinski definition) is 2. The van der Waals surface area contributed by atoms with E-state index in [0.29, 0.717) is 6.54 Å². The maximum atomic E-state index is 11.7. The summed E-state index contributed by atoms with van der Waals surface area (Å²) in [6, 6.07) is 16.8. The van der Waals surface area contributed by atoms with Crippen LogP contribution in [0, 0.1) is 0 Å². The molecule has 0 aliphatic rings. The molecule has 0 aliphatic carbocycles. The molecule has 0 saturated heterocycles. The van der Waals surface area contributed by atoms with E-state index in [9.17, 15) is 4.79 Å². The molecule has 0 N–H and O–H groups in total. The number of benzene rings is 2. The average molecular weight is 472 g/mol. The van der Waals surface area contributed by atoms with Crippen LogP contribution in [-0.2, 0) is 23.2 Å². The predicted octanol–water partition coefficient (Wildman–Crippen LogP) is 5.99. The van der Waals surface area contributed by atoms with Gasteiger partial charge in [-0.05, 0) is 54.0 Å². The molecule has 0 heterocycles. The molecule has 0 saturated carbocycles. The third-order valence-corrected chi connectivity index (χ3v) is 5.69. The van der Waals surface area contributed by atoms with Gasteiger partial charge in [-0.15, -0.1) is 0 Å². The van der Waals surface area contributed by atoms with E-state index in [1.807, 2.05) is 13.1 Å². The molecule has 0 bridgehead atoms. The molecule has 2 aromatic carbocycles. The van der Waals surface area contributed by atoms with Gasteiger partial charge in [-0.1, -0.05) is 73.1 Å². The highest BCUT2D eigenvalue weighted by atomic mass is 79.9. The summed E-state index contributed by atoms with van der Waals surface area (Å²) in [6.07, 6.45) is 3.59. The van der Waals surface area contributed by atoms with Crippen molar-refractivity contribution in [3.05, 3.63) is 69.7 Å². The Morgan fingerprint density at radius 1 is 1.10 bits per heavy atom. The van der Waals surface area contributed by atoms with Gasteiger partial charge in [-0.3, -0.25) is 4.79 Å². The summed E-state index contributed by atoms with van der Waals surface area (Å²) >= 11 is 3.53. The van der Waals surface area contributed by atoms with E-state index >= 15 is 0 Å². The van der Waals surface area contributed by atoms with Crippen molar-refractivity contribution >= 4 is 28.2 Å². The van der Waals surface area contributed by atoms with Crippen molar-refractivity contribution in [2.75, 3.05) is 13.6 Å². The third kappa shape index (κ3) is 7.60. The Balaban J connectivity index is 2.06. The Hall–Kier alpha value is -2.14. The second kappa shape index (κ2) is 11.3. The minimum Gasteiger partial charge on any atom is -0.362 e. The number of carbonyl (C=O) groups is 1. The summed E-state index contributed by atoms with van der Waals surface area (Å²) in [5.41, 5.74) is 3.78.